The van der Waals surface area contributed by atoms with Crippen LogP contribution in [0.25, 0.3) is 10.9 Å². The Hall–Kier alpha value is -3.29. The minimum atomic E-state index is -4.64. The number of carbonyl (C=O) groups is 1. The van der Waals surface area contributed by atoms with Crippen molar-refractivity contribution in [2.24, 2.45) is 0 Å². The molecule has 0 saturated heterocycles. The van der Waals surface area contributed by atoms with E-state index in [0.29, 0.717) is 30.2 Å². The van der Waals surface area contributed by atoms with Crippen LogP contribution in [0.15, 0.2) is 53.3 Å². The zero-order chi connectivity index (χ0) is 24.3. The first kappa shape index (κ1) is 23.9. The number of unbranched alkanes of at least 4 members (excludes halogenated alkanes) is 4. The lowest BCUT2D eigenvalue weighted by atomic mass is 9.81. The predicted molar refractivity (Wildman–Crippen MR) is 125 cm³/mol. The average molecular weight is 473 g/mol. The largest absolute Gasteiger partial charge is 0.481 e. The number of pyridine rings is 1. The van der Waals surface area contributed by atoms with Crippen LogP contribution in [0.5, 0.6) is 0 Å². The van der Waals surface area contributed by atoms with Crippen LogP contribution in [0.3, 0.4) is 0 Å². The Morgan fingerprint density at radius 3 is 2.41 bits per heavy atom. The van der Waals surface area contributed by atoms with Crippen molar-refractivity contribution in [3.8, 4) is 0 Å². The zero-order valence-electron chi connectivity index (χ0n) is 18.7. The Bertz CT molecular complexity index is 1240. The van der Waals surface area contributed by atoms with Gasteiger partial charge in [0.1, 0.15) is 0 Å². The zero-order valence-corrected chi connectivity index (χ0v) is 18.7. The first-order chi connectivity index (χ1) is 16.2. The Morgan fingerprint density at radius 2 is 1.71 bits per heavy atom. The van der Waals surface area contributed by atoms with Crippen molar-refractivity contribution in [3.63, 3.8) is 0 Å². The van der Waals surface area contributed by atoms with Crippen molar-refractivity contribution < 1.29 is 23.1 Å². The van der Waals surface area contributed by atoms with Gasteiger partial charge in [0.05, 0.1) is 11.1 Å². The topological polar surface area (TPSA) is 82.2 Å². The molecule has 2 aromatic carbocycles. The van der Waals surface area contributed by atoms with E-state index in [1.54, 1.807) is 6.07 Å². The van der Waals surface area contributed by atoms with Crippen molar-refractivity contribution in [3.05, 3.63) is 75.6 Å². The number of hydrogen-bond donors (Lipinski definition) is 3. The maximum absolute atomic E-state index is 13.9. The normalized spacial score (nSPS) is 17.5. The molecule has 1 atom stereocenters. The summed E-state index contributed by atoms with van der Waals surface area (Å²) in [6, 6.07) is 13.6. The maximum atomic E-state index is 13.9. The van der Waals surface area contributed by atoms with Gasteiger partial charge < -0.3 is 15.4 Å². The monoisotopic (exact) mass is 472 g/mol. The minimum absolute atomic E-state index is 0.0450. The summed E-state index contributed by atoms with van der Waals surface area (Å²) in [5, 5.41) is 12.3. The van der Waals surface area contributed by atoms with E-state index in [1.165, 1.54) is 6.07 Å². The first-order valence-electron chi connectivity index (χ1n) is 11.5. The Morgan fingerprint density at radius 1 is 1.00 bits per heavy atom. The molecule has 0 aliphatic carbocycles. The van der Waals surface area contributed by atoms with E-state index in [2.05, 4.69) is 10.3 Å². The van der Waals surface area contributed by atoms with E-state index >= 15 is 0 Å². The number of hydrogen-bond acceptors (Lipinski definition) is 3. The van der Waals surface area contributed by atoms with E-state index in [1.807, 2.05) is 30.3 Å². The maximum Gasteiger partial charge on any atom is 0.417 e. The van der Waals surface area contributed by atoms with Gasteiger partial charge in [-0.2, -0.15) is 13.2 Å². The van der Waals surface area contributed by atoms with Crippen molar-refractivity contribution >= 4 is 22.6 Å². The number of aromatic nitrogens is 1. The fraction of sp³-hybridized carbons (Fsp3) is 0.385. The lowest BCUT2D eigenvalue weighted by Gasteiger charge is -2.31. The van der Waals surface area contributed by atoms with E-state index < -0.39 is 28.8 Å². The van der Waals surface area contributed by atoms with Crippen LogP contribution in [0.1, 0.15) is 61.6 Å². The molecule has 3 N–H and O–H groups in total. The first-order valence-corrected chi connectivity index (χ1v) is 11.5. The van der Waals surface area contributed by atoms with Crippen molar-refractivity contribution in [2.45, 2.75) is 63.1 Å². The van der Waals surface area contributed by atoms with Gasteiger partial charge in [0.15, 0.2) is 0 Å². The molecule has 34 heavy (non-hydrogen) atoms. The van der Waals surface area contributed by atoms with E-state index in [-0.39, 0.29) is 17.3 Å². The molecule has 1 unspecified atom stereocenters. The van der Waals surface area contributed by atoms with Gasteiger partial charge in [0, 0.05) is 35.5 Å². The minimum Gasteiger partial charge on any atom is -0.481 e. The highest BCUT2D eigenvalue weighted by Crippen LogP contribution is 2.47. The summed E-state index contributed by atoms with van der Waals surface area (Å²) in [6.45, 7) is 0. The highest BCUT2D eigenvalue weighted by Gasteiger charge is 2.41. The smallest absolute Gasteiger partial charge is 0.417 e. The molecular weight excluding hydrogens is 445 g/mol. The molecule has 4 rings (SSSR count). The van der Waals surface area contributed by atoms with Crippen LogP contribution in [0, 0.1) is 0 Å². The summed E-state index contributed by atoms with van der Waals surface area (Å²) in [7, 11) is 0. The Labute approximate surface area is 195 Å². The van der Waals surface area contributed by atoms with Crippen molar-refractivity contribution in [1.82, 2.24) is 4.98 Å². The number of fused-ring (bicyclic) bond motifs is 3. The summed E-state index contributed by atoms with van der Waals surface area (Å²) in [4.78, 5) is 25.1. The molecule has 180 valence electrons. The molecule has 1 aliphatic heterocycles. The molecule has 0 bridgehead atoms. The van der Waals surface area contributed by atoms with Gasteiger partial charge in [-0.1, -0.05) is 56.0 Å². The van der Waals surface area contributed by atoms with Gasteiger partial charge in [0.25, 0.3) is 0 Å². The third kappa shape index (κ3) is 4.95. The summed E-state index contributed by atoms with van der Waals surface area (Å²) < 4.78 is 41.6. The number of nitrogens with one attached hydrogen (secondary N) is 2. The molecule has 0 spiro atoms. The fourth-order valence-electron chi connectivity index (χ4n) is 5.02. The SMILES string of the molecule is O=C(O)CCCCCCCC1(c2ccccc2)Cc2c(ccc3[nH]c(=O)cc(C(F)(F)F)c23)N1. The number of benzene rings is 2. The number of carboxylic acids is 1. The average Bonchev–Trinajstić information content (AvgIpc) is 3.17. The number of aromatic amines is 1. The molecule has 0 radical (unpaired) electrons. The predicted octanol–water partition coefficient (Wildman–Crippen LogP) is 6.23. The number of carboxylic acid groups (broad SMARTS) is 1. The van der Waals surface area contributed by atoms with Gasteiger partial charge in [-0.05, 0) is 36.1 Å². The van der Waals surface area contributed by atoms with Crippen LogP contribution in [0.4, 0.5) is 18.9 Å². The van der Waals surface area contributed by atoms with Gasteiger partial charge in [-0.3, -0.25) is 9.59 Å². The number of halogens is 3. The van der Waals surface area contributed by atoms with Gasteiger partial charge in [0.2, 0.25) is 5.56 Å². The molecule has 0 saturated carbocycles. The third-order valence-corrected chi connectivity index (χ3v) is 6.59. The van der Waals surface area contributed by atoms with Crippen LogP contribution >= 0.6 is 0 Å². The summed E-state index contributed by atoms with van der Waals surface area (Å²) in [5.74, 6) is -0.789. The molecule has 2 heterocycles. The van der Waals surface area contributed by atoms with E-state index in [9.17, 15) is 22.8 Å². The van der Waals surface area contributed by atoms with Crippen LogP contribution < -0.4 is 10.9 Å². The van der Waals surface area contributed by atoms with Gasteiger partial charge >= 0.3 is 12.1 Å². The standard InChI is InChI=1S/C26H27F3N2O3/c27-26(28,29)19-15-22(32)30-21-13-12-20-18(24(19)21)16-25(31-20,17-9-5-4-6-10-17)14-8-3-1-2-7-11-23(33)34/h4-6,9-10,12-13,15,31H,1-3,7-8,11,14,16H2,(H,30,32)(H,33,34). The quantitative estimate of drug-likeness (QED) is 0.323. The number of anilines is 1. The highest BCUT2D eigenvalue weighted by atomic mass is 19.4. The fourth-order valence-corrected chi connectivity index (χ4v) is 5.02. The number of aliphatic carboxylic acids is 1. The van der Waals surface area contributed by atoms with Crippen molar-refractivity contribution in [2.75, 3.05) is 5.32 Å². The number of rotatable bonds is 9. The van der Waals surface area contributed by atoms with Crippen molar-refractivity contribution in [1.29, 1.82) is 0 Å². The Kier molecular flexibility index (Phi) is 6.68. The Balaban J connectivity index is 1.64. The number of alkyl halides is 3. The molecule has 0 fully saturated rings. The molecule has 0 amide bonds. The van der Waals surface area contributed by atoms with E-state index in [0.717, 1.165) is 37.7 Å². The lowest BCUT2D eigenvalue weighted by Crippen LogP contribution is -2.33. The highest BCUT2D eigenvalue weighted by molar-refractivity contribution is 5.92. The molecule has 3 aromatic rings. The second-order valence-corrected chi connectivity index (χ2v) is 8.97. The van der Waals surface area contributed by atoms with Crippen LogP contribution in [-0.4, -0.2) is 16.1 Å². The molecular formula is C26H27F3N2O3. The van der Waals surface area contributed by atoms with Crippen LogP contribution in [0.2, 0.25) is 0 Å². The second kappa shape index (κ2) is 9.52. The molecule has 1 aromatic heterocycles. The number of H-pyrrole nitrogens is 1. The molecule has 1 aliphatic rings. The summed E-state index contributed by atoms with van der Waals surface area (Å²) in [6.07, 6.45) is 0.773. The lowest BCUT2D eigenvalue weighted by molar-refractivity contribution is -0.137. The summed E-state index contributed by atoms with van der Waals surface area (Å²) >= 11 is 0. The van der Waals surface area contributed by atoms with E-state index in [4.69, 9.17) is 5.11 Å². The van der Waals surface area contributed by atoms with Gasteiger partial charge in [-0.25, -0.2) is 0 Å². The summed E-state index contributed by atoms with van der Waals surface area (Å²) in [5.41, 5.74) is 0.153. The third-order valence-electron chi connectivity index (χ3n) is 6.59. The molecule has 5 nitrogen and oxygen atoms in total. The van der Waals surface area contributed by atoms with Crippen LogP contribution in [-0.2, 0) is 22.9 Å². The van der Waals surface area contributed by atoms with Gasteiger partial charge in [-0.15, -0.1) is 0 Å². The molecule has 8 heteroatoms. The second-order valence-electron chi connectivity index (χ2n) is 8.97.